The van der Waals surface area contributed by atoms with Crippen LogP contribution < -0.4 is 57.2 Å². The smallest absolute Gasteiger partial charge is 0.490 e. The van der Waals surface area contributed by atoms with Gasteiger partial charge in [0, 0.05) is 110 Å². The summed E-state index contributed by atoms with van der Waals surface area (Å²) in [4.78, 5) is 39.3. The number of carboxylic acid groups (broad SMARTS) is 1. The third-order valence-electron chi connectivity index (χ3n) is 14.2. The average Bonchev–Trinajstić information content (AvgIpc) is 1.85. The number of allylic oxidation sites excluding steroid dienone is 1. The molecule has 1 aliphatic carbocycles. The van der Waals surface area contributed by atoms with Crippen molar-refractivity contribution in [1.82, 2.24) is 54.8 Å². The predicted octanol–water partition coefficient (Wildman–Crippen LogP) is 12.9. The molecule has 0 spiro atoms. The molecule has 5 aromatic heterocycles. The van der Waals surface area contributed by atoms with Crippen molar-refractivity contribution in [2.24, 2.45) is 16.6 Å². The van der Waals surface area contributed by atoms with Crippen molar-refractivity contribution in [1.29, 1.82) is 0 Å². The predicted molar refractivity (Wildman–Crippen MR) is 373 cm³/mol. The number of nitrogens with two attached hydrogens (primary N) is 1. The molecule has 28 heteroatoms. The van der Waals surface area contributed by atoms with E-state index in [0.717, 1.165) is 115 Å². The van der Waals surface area contributed by atoms with Gasteiger partial charge in [0.25, 0.3) is 0 Å². The molecule has 2 aliphatic rings. The number of aliphatic imine (C=N–C) groups is 1. The number of aryl methyl sites for hydroxylation is 4. The fraction of sp³-hybridized carbons (Fsp3) is 0.385. The lowest BCUT2D eigenvalue weighted by molar-refractivity contribution is -0.192. The maximum Gasteiger partial charge on any atom is 0.490 e. The van der Waals surface area contributed by atoms with E-state index in [-0.39, 0.29) is 0 Å². The molecule has 2 atom stereocenters. The lowest BCUT2D eigenvalue weighted by atomic mass is 9.83. The van der Waals surface area contributed by atoms with Crippen molar-refractivity contribution in [3.63, 3.8) is 0 Å². The first-order valence-corrected chi connectivity index (χ1v) is 31.3. The number of halogens is 4. The van der Waals surface area contributed by atoms with Crippen LogP contribution in [0, 0.1) is 30.3 Å². The van der Waals surface area contributed by atoms with Gasteiger partial charge in [0.1, 0.15) is 46.1 Å². The van der Waals surface area contributed by atoms with Crippen LogP contribution in [0.2, 0.25) is 0 Å². The molecule has 6 heterocycles. The maximum atomic E-state index is 10.6. The monoisotopic (exact) mass is 1400 g/mol. The summed E-state index contributed by atoms with van der Waals surface area (Å²) in [5.41, 5.74) is 16.1. The first-order chi connectivity index (χ1) is 44.6. The Balaban J connectivity index is 0.000000216. The Bertz CT molecular complexity index is 3540. The van der Waals surface area contributed by atoms with Gasteiger partial charge in [0.15, 0.2) is 0 Å². The molecule has 1 aliphatic heterocycles. The number of aromatic nitrogens is 10. The van der Waals surface area contributed by atoms with Gasteiger partial charge in [-0.1, -0.05) is 46.1 Å². The minimum atomic E-state index is -5.08. The maximum absolute atomic E-state index is 10.6. The summed E-state index contributed by atoms with van der Waals surface area (Å²) in [5.74, 6) is 4.45. The minimum Gasteiger partial charge on any atom is -0.496 e. The zero-order valence-corrected chi connectivity index (χ0v) is 57.2. The highest BCUT2D eigenvalue weighted by atomic mass is 127. The van der Waals surface area contributed by atoms with E-state index in [4.69, 9.17) is 29.8 Å². The van der Waals surface area contributed by atoms with E-state index in [2.05, 4.69) is 139 Å². The third kappa shape index (κ3) is 24.1. The Labute approximate surface area is 555 Å². The molecule has 1 fully saturated rings. The standard InChI is InChI=1S/C18H22N6O.C17H21N7O.C13H15IN4O.C9H19N.C6H9N.C2HF3O2/c1-5-13-10-20-24(11-13)15-9-14(6-7-16(15)25-4)22-18-21-12(2)8-17(19-3)23-18;1-11-6-16(19-2)23-17(21-11)22-13-4-5-15(25-3)14(7-13)24-10-12(8-18)9-20-24;1-8-6-12(15-2)18-13(16-8)17-9-4-5-11(19-3)10(14)7-9;1-3-8-6-4-5-7-9(8)10-2;1-2-6-3-4-7-5-6;3-2(4,5)1(6)7/h6-11H,5H2,1-4H3,(H2,19,21,22,23);4-7,9-10H,8,18H2,1-3H3,(H2,19,21,22,23);4-7H,1-3H3,(H2,15,16,17,18);8-10H,3-7H2,1-2H3;3,5H,2,4H2,1H3;(H,6,7). The molecule has 10 rings (SSSR count). The molecule has 0 saturated heterocycles. The summed E-state index contributed by atoms with van der Waals surface area (Å²) in [6.07, 6.45) is 15.6. The second kappa shape index (κ2) is 38.0. The van der Waals surface area contributed by atoms with E-state index in [9.17, 15) is 13.2 Å². The Morgan fingerprint density at radius 2 is 1.06 bits per heavy atom. The van der Waals surface area contributed by atoms with Gasteiger partial charge in [0.2, 0.25) is 17.8 Å². The Hall–Kier alpha value is -9.16. The largest absolute Gasteiger partial charge is 0.496 e. The average molecular weight is 1400 g/mol. The lowest BCUT2D eigenvalue weighted by Crippen LogP contribution is -2.35. The molecule has 8 aromatic rings. The second-order valence-electron chi connectivity index (χ2n) is 20.8. The van der Waals surface area contributed by atoms with Crippen LogP contribution in [-0.2, 0) is 17.8 Å². The molecule has 0 amide bonds. The van der Waals surface area contributed by atoms with Gasteiger partial charge < -0.3 is 62.3 Å². The molecule has 3 aromatic carbocycles. The zero-order valence-electron chi connectivity index (χ0n) is 55.0. The number of hydrogen-bond donors (Lipinski definition) is 9. The third-order valence-corrected chi connectivity index (χ3v) is 15.0. The molecular formula is C65H87F3IN19O5. The fourth-order valence-electron chi connectivity index (χ4n) is 9.26. The number of nitrogens with zero attached hydrogens (tertiary/aromatic N) is 11. The van der Waals surface area contributed by atoms with Crippen molar-refractivity contribution in [3.8, 4) is 28.6 Å². The first-order valence-electron chi connectivity index (χ1n) is 30.2. The summed E-state index contributed by atoms with van der Waals surface area (Å²) in [5, 5.41) is 38.0. The number of nitrogens with one attached hydrogen (secondary N) is 7. The van der Waals surface area contributed by atoms with Crippen LogP contribution in [-0.4, -0.2) is 135 Å². The van der Waals surface area contributed by atoms with Crippen molar-refractivity contribution in [2.45, 2.75) is 105 Å². The molecule has 2 unspecified atom stereocenters. The summed E-state index contributed by atoms with van der Waals surface area (Å²) in [7, 11) is 12.5. The number of aliphatic carboxylic acids is 1. The van der Waals surface area contributed by atoms with E-state index in [1.54, 1.807) is 32.2 Å². The van der Waals surface area contributed by atoms with Crippen molar-refractivity contribution in [2.75, 3.05) is 88.0 Å². The van der Waals surface area contributed by atoms with Gasteiger partial charge in [-0.15, -0.1) is 0 Å². The van der Waals surface area contributed by atoms with E-state index in [1.165, 1.54) is 43.2 Å². The van der Waals surface area contributed by atoms with E-state index in [0.29, 0.717) is 30.1 Å². The minimum absolute atomic E-state index is 0.435. The van der Waals surface area contributed by atoms with Crippen molar-refractivity contribution >= 4 is 87.1 Å². The van der Waals surface area contributed by atoms with Crippen LogP contribution in [0.15, 0.2) is 114 Å². The topological polar surface area (TPSA) is 301 Å². The molecule has 24 nitrogen and oxygen atoms in total. The van der Waals surface area contributed by atoms with Crippen LogP contribution in [0.3, 0.4) is 0 Å². The van der Waals surface area contributed by atoms with Crippen molar-refractivity contribution in [3.05, 3.63) is 141 Å². The number of benzene rings is 3. The van der Waals surface area contributed by atoms with Gasteiger partial charge in [-0.25, -0.2) is 29.1 Å². The number of hydrogen-bond acceptors (Lipinski definition) is 21. The fourth-order valence-corrected chi connectivity index (χ4v) is 9.99. The molecule has 0 radical (unpaired) electrons. The SMILES string of the molecule is CCC1=CCN=C1.CCC1CCCCC1NC.CCc1cnn(-c2cc(Nc3nc(C)cc(NC)n3)ccc2OC)c1.CNc1cc(C)nc(Nc2ccc(OC)c(-n3cc(CN)cn3)c2)n1.CNc1cc(C)nc(Nc2ccc(OC)c(I)c2)n1.O=C(O)C(F)(F)F. The van der Waals surface area contributed by atoms with Gasteiger partial charge in [-0.05, 0) is 148 Å². The van der Waals surface area contributed by atoms with E-state index in [1.807, 2.05) is 144 Å². The van der Waals surface area contributed by atoms with Gasteiger partial charge in [-0.3, -0.25) is 4.99 Å². The van der Waals surface area contributed by atoms with Gasteiger partial charge in [0.05, 0.1) is 43.8 Å². The highest BCUT2D eigenvalue weighted by Crippen LogP contribution is 2.31. The summed E-state index contributed by atoms with van der Waals surface area (Å²) in [6, 6.07) is 23.8. The number of ether oxygens (including phenoxy) is 3. The Kier molecular flexibility index (Phi) is 30.5. The lowest BCUT2D eigenvalue weighted by Gasteiger charge is -2.30. The van der Waals surface area contributed by atoms with E-state index < -0.39 is 12.1 Å². The van der Waals surface area contributed by atoms with Crippen LogP contribution >= 0.6 is 22.6 Å². The highest BCUT2D eigenvalue weighted by molar-refractivity contribution is 14.1. The number of anilines is 9. The Morgan fingerprint density at radius 1 is 0.634 bits per heavy atom. The number of methoxy groups -OCH3 is 3. The first kappa shape index (κ1) is 74.6. The summed E-state index contributed by atoms with van der Waals surface area (Å²) < 4.78 is 52.5. The number of carboxylic acids is 1. The van der Waals surface area contributed by atoms with Crippen LogP contribution in [0.1, 0.15) is 87.5 Å². The molecule has 10 N–H and O–H groups in total. The molecule has 500 valence electrons. The zero-order chi connectivity index (χ0) is 68.0. The molecular weight excluding hydrogens is 1310 g/mol. The number of carbonyl (C=O) groups is 1. The summed E-state index contributed by atoms with van der Waals surface area (Å²) in [6.45, 7) is 13.7. The van der Waals surface area contributed by atoms with Crippen LogP contribution in [0.25, 0.3) is 11.4 Å². The normalized spacial score (nSPS) is 13.6. The van der Waals surface area contributed by atoms with E-state index >= 15 is 0 Å². The summed E-state index contributed by atoms with van der Waals surface area (Å²) >= 11 is 2.23. The number of alkyl halides is 3. The highest BCUT2D eigenvalue weighted by Gasteiger charge is 2.38. The Morgan fingerprint density at radius 3 is 1.39 bits per heavy atom. The number of rotatable bonds is 19. The molecule has 1 saturated carbocycles. The van der Waals surface area contributed by atoms with Crippen LogP contribution in [0.5, 0.6) is 17.2 Å². The quantitative estimate of drug-likeness (QED) is 0.0340. The van der Waals surface area contributed by atoms with Gasteiger partial charge >= 0.3 is 12.1 Å². The molecule has 0 bridgehead atoms. The van der Waals surface area contributed by atoms with Gasteiger partial charge in [-0.2, -0.15) is 38.3 Å². The van der Waals surface area contributed by atoms with Crippen LogP contribution in [0.4, 0.5) is 65.5 Å². The molecule has 93 heavy (non-hydrogen) atoms. The van der Waals surface area contributed by atoms with Crippen molar-refractivity contribution < 1.29 is 37.3 Å². The second-order valence-corrected chi connectivity index (χ2v) is 22.0.